The Kier molecular flexibility index (Phi) is 8.18. The summed E-state index contributed by atoms with van der Waals surface area (Å²) in [4.78, 5) is 35.5. The van der Waals surface area contributed by atoms with E-state index in [0.29, 0.717) is 0 Å². The number of nitrogens with one attached hydrogen (secondary N) is 2. The first-order valence-electron chi connectivity index (χ1n) is 7.36. The number of amides is 3. The van der Waals surface area contributed by atoms with Gasteiger partial charge in [-0.25, -0.2) is 4.79 Å². The number of aryl methyl sites for hydroxylation is 1. The summed E-state index contributed by atoms with van der Waals surface area (Å²) in [6.45, 7) is 5.23. The highest BCUT2D eigenvalue weighted by molar-refractivity contribution is 8.00. The first-order valence-corrected chi connectivity index (χ1v) is 8.35. The summed E-state index contributed by atoms with van der Waals surface area (Å²) in [6.07, 6.45) is 0.757. The number of hydrogen-bond donors (Lipinski definition) is 2. The second kappa shape index (κ2) is 9.89. The summed E-state index contributed by atoms with van der Waals surface area (Å²) in [7, 11) is 0. The van der Waals surface area contributed by atoms with Crippen molar-refractivity contribution in [3.63, 3.8) is 0 Å². The lowest BCUT2D eigenvalue weighted by atomic mass is 10.2. The van der Waals surface area contributed by atoms with Gasteiger partial charge in [-0.15, -0.1) is 11.8 Å². The summed E-state index contributed by atoms with van der Waals surface area (Å²) in [6, 6.07) is 7.07. The molecule has 0 bridgehead atoms. The van der Waals surface area contributed by atoms with Crippen molar-refractivity contribution in [1.29, 1.82) is 0 Å². The van der Waals surface area contributed by atoms with Crippen LogP contribution in [0.1, 0.15) is 25.8 Å². The third-order valence-electron chi connectivity index (χ3n) is 3.05. The summed E-state index contributed by atoms with van der Waals surface area (Å²) >= 11 is 1.35. The number of thioether (sulfide) groups is 1. The van der Waals surface area contributed by atoms with Gasteiger partial charge in [0.15, 0.2) is 6.61 Å². The van der Waals surface area contributed by atoms with Crippen molar-refractivity contribution in [1.82, 2.24) is 10.6 Å². The predicted molar refractivity (Wildman–Crippen MR) is 89.3 cm³/mol. The van der Waals surface area contributed by atoms with E-state index in [-0.39, 0.29) is 11.8 Å². The van der Waals surface area contributed by atoms with E-state index in [1.807, 2.05) is 45.0 Å². The molecule has 1 rings (SSSR count). The van der Waals surface area contributed by atoms with Gasteiger partial charge >= 0.3 is 12.0 Å². The van der Waals surface area contributed by atoms with Crippen molar-refractivity contribution >= 4 is 29.7 Å². The van der Waals surface area contributed by atoms with Gasteiger partial charge in [-0.2, -0.15) is 0 Å². The SMILES string of the molecule is CC[C@@H](C)NC(=O)NC(=O)COC(=O)CSc1ccccc1C. The fourth-order valence-electron chi connectivity index (χ4n) is 1.57. The molecule has 7 heteroatoms. The third-order valence-corrected chi connectivity index (χ3v) is 4.20. The zero-order valence-corrected chi connectivity index (χ0v) is 14.4. The molecule has 23 heavy (non-hydrogen) atoms. The van der Waals surface area contributed by atoms with E-state index in [1.54, 1.807) is 0 Å². The molecule has 0 heterocycles. The number of rotatable bonds is 7. The Morgan fingerprint density at radius 2 is 1.96 bits per heavy atom. The predicted octanol–water partition coefficient (Wildman–Crippen LogP) is 2.25. The maximum absolute atomic E-state index is 11.6. The van der Waals surface area contributed by atoms with E-state index >= 15 is 0 Å². The van der Waals surface area contributed by atoms with Crippen LogP contribution in [0.3, 0.4) is 0 Å². The molecule has 1 atom stereocenters. The highest BCUT2D eigenvalue weighted by Crippen LogP contribution is 2.21. The molecule has 0 saturated carbocycles. The molecule has 0 unspecified atom stereocenters. The number of hydrogen-bond acceptors (Lipinski definition) is 5. The second-order valence-electron chi connectivity index (χ2n) is 5.05. The van der Waals surface area contributed by atoms with E-state index in [1.165, 1.54) is 11.8 Å². The Morgan fingerprint density at radius 1 is 1.26 bits per heavy atom. The third kappa shape index (κ3) is 7.69. The minimum atomic E-state index is -0.653. The number of imide groups is 1. The van der Waals surface area contributed by atoms with E-state index in [9.17, 15) is 14.4 Å². The lowest BCUT2D eigenvalue weighted by molar-refractivity contribution is -0.145. The normalized spacial score (nSPS) is 11.4. The van der Waals surface area contributed by atoms with Crippen LogP contribution in [0.5, 0.6) is 0 Å². The van der Waals surface area contributed by atoms with Gasteiger partial charge in [0.25, 0.3) is 5.91 Å². The van der Waals surface area contributed by atoms with Crippen LogP contribution in [0, 0.1) is 6.92 Å². The second-order valence-corrected chi connectivity index (χ2v) is 6.06. The van der Waals surface area contributed by atoms with Crippen LogP contribution in [0.25, 0.3) is 0 Å². The molecule has 6 nitrogen and oxygen atoms in total. The van der Waals surface area contributed by atoms with Crippen LogP contribution in [0.2, 0.25) is 0 Å². The maximum atomic E-state index is 11.6. The molecule has 0 aliphatic heterocycles. The number of esters is 1. The largest absolute Gasteiger partial charge is 0.455 e. The Balaban J connectivity index is 2.26. The van der Waals surface area contributed by atoms with Gasteiger partial charge in [0, 0.05) is 10.9 Å². The van der Waals surface area contributed by atoms with Crippen LogP contribution in [-0.2, 0) is 14.3 Å². The fraction of sp³-hybridized carbons (Fsp3) is 0.438. The maximum Gasteiger partial charge on any atom is 0.321 e. The Hall–Kier alpha value is -2.02. The first kappa shape index (κ1) is 19.0. The quantitative estimate of drug-likeness (QED) is 0.588. The summed E-state index contributed by atoms with van der Waals surface area (Å²) in [5, 5.41) is 4.70. The van der Waals surface area contributed by atoms with Gasteiger partial charge in [0.1, 0.15) is 0 Å². The monoisotopic (exact) mass is 338 g/mol. The summed E-state index contributed by atoms with van der Waals surface area (Å²) in [5.74, 6) is -1.05. The van der Waals surface area contributed by atoms with Crippen LogP contribution in [-0.4, -0.2) is 36.3 Å². The molecular weight excluding hydrogens is 316 g/mol. The zero-order valence-electron chi connectivity index (χ0n) is 13.5. The lowest BCUT2D eigenvalue weighted by Crippen LogP contribution is -2.44. The van der Waals surface area contributed by atoms with Crippen LogP contribution < -0.4 is 10.6 Å². The fourth-order valence-corrected chi connectivity index (χ4v) is 2.39. The van der Waals surface area contributed by atoms with E-state index < -0.39 is 24.5 Å². The van der Waals surface area contributed by atoms with Crippen molar-refractivity contribution in [3.05, 3.63) is 29.8 Å². The lowest BCUT2D eigenvalue weighted by Gasteiger charge is -2.11. The van der Waals surface area contributed by atoms with Crippen molar-refractivity contribution < 1.29 is 19.1 Å². The van der Waals surface area contributed by atoms with Crippen LogP contribution in [0.4, 0.5) is 4.79 Å². The van der Waals surface area contributed by atoms with Gasteiger partial charge in [-0.3, -0.25) is 14.9 Å². The molecule has 1 aromatic rings. The molecule has 2 N–H and O–H groups in total. The smallest absolute Gasteiger partial charge is 0.321 e. The summed E-state index contributed by atoms with van der Waals surface area (Å²) in [5.41, 5.74) is 1.07. The number of ether oxygens (including phenoxy) is 1. The first-order chi connectivity index (χ1) is 10.9. The highest BCUT2D eigenvalue weighted by Gasteiger charge is 2.12. The van der Waals surface area contributed by atoms with Crippen molar-refractivity contribution in [2.24, 2.45) is 0 Å². The van der Waals surface area contributed by atoms with E-state index in [2.05, 4.69) is 10.6 Å². The van der Waals surface area contributed by atoms with Gasteiger partial charge in [-0.1, -0.05) is 25.1 Å². The Bertz CT molecular complexity index is 563. The standard InChI is InChI=1S/C16H22N2O4S/c1-4-12(3)17-16(21)18-14(19)9-22-15(20)10-23-13-8-6-5-7-11(13)2/h5-8,12H,4,9-10H2,1-3H3,(H2,17,18,19,21)/t12-/m1/s1. The molecule has 0 radical (unpaired) electrons. The number of urea groups is 1. The van der Waals surface area contributed by atoms with Crippen LogP contribution in [0.15, 0.2) is 29.2 Å². The van der Waals surface area contributed by atoms with E-state index in [4.69, 9.17) is 4.74 Å². The van der Waals surface area contributed by atoms with Crippen molar-refractivity contribution in [2.75, 3.05) is 12.4 Å². The molecular formula is C16H22N2O4S. The molecule has 0 saturated heterocycles. The zero-order chi connectivity index (χ0) is 17.2. The number of benzene rings is 1. The van der Waals surface area contributed by atoms with E-state index in [0.717, 1.165) is 16.9 Å². The van der Waals surface area contributed by atoms with Gasteiger partial charge in [-0.05, 0) is 31.9 Å². The molecule has 0 aromatic heterocycles. The van der Waals surface area contributed by atoms with Gasteiger partial charge < -0.3 is 10.1 Å². The topological polar surface area (TPSA) is 84.5 Å². The molecule has 0 spiro atoms. The average Bonchev–Trinajstić information content (AvgIpc) is 2.51. The minimum Gasteiger partial charge on any atom is -0.455 e. The Labute approximate surface area is 140 Å². The average molecular weight is 338 g/mol. The Morgan fingerprint density at radius 3 is 2.61 bits per heavy atom. The molecule has 126 valence electrons. The molecule has 3 amide bonds. The molecule has 0 aliphatic carbocycles. The van der Waals surface area contributed by atoms with Crippen LogP contribution >= 0.6 is 11.8 Å². The highest BCUT2D eigenvalue weighted by atomic mass is 32.2. The minimum absolute atomic E-state index is 0.0316. The number of carbonyl (C=O) groups excluding carboxylic acids is 3. The molecule has 1 aromatic carbocycles. The van der Waals surface area contributed by atoms with Gasteiger partial charge in [0.05, 0.1) is 5.75 Å². The summed E-state index contributed by atoms with van der Waals surface area (Å²) < 4.78 is 4.85. The number of carbonyl (C=O) groups is 3. The van der Waals surface area contributed by atoms with Gasteiger partial charge in [0.2, 0.25) is 0 Å². The van der Waals surface area contributed by atoms with Crippen molar-refractivity contribution in [3.8, 4) is 0 Å². The molecule has 0 fully saturated rings. The van der Waals surface area contributed by atoms with Crippen molar-refractivity contribution in [2.45, 2.75) is 38.1 Å². The molecule has 0 aliphatic rings.